The van der Waals surface area contributed by atoms with E-state index in [9.17, 15) is 5.11 Å². The molecule has 0 aliphatic rings. The predicted octanol–water partition coefficient (Wildman–Crippen LogP) is 2.19. The first-order valence-electron chi connectivity index (χ1n) is 4.85. The summed E-state index contributed by atoms with van der Waals surface area (Å²) in [6.45, 7) is 1.97. The summed E-state index contributed by atoms with van der Waals surface area (Å²) in [6, 6.07) is 3.70. The molecule has 1 N–H and O–H groups in total. The minimum Gasteiger partial charge on any atom is -0.469 e. The van der Waals surface area contributed by atoms with Crippen LogP contribution in [0.15, 0.2) is 28.2 Å². The molecular weight excluding hydrogens is 210 g/mol. The number of hydrogen-bond donors (Lipinski definition) is 1. The topological polar surface area (TPSA) is 46.3 Å². The van der Waals surface area contributed by atoms with E-state index in [0.29, 0.717) is 12.8 Å². The molecule has 15 heavy (non-hydrogen) atoms. The molecule has 4 heteroatoms. The van der Waals surface area contributed by atoms with Crippen molar-refractivity contribution in [3.8, 4) is 0 Å². The number of aliphatic hydroxyl groups excluding tert-OH is 1. The summed E-state index contributed by atoms with van der Waals surface area (Å²) in [6.07, 6.45) is 2.33. The lowest BCUT2D eigenvalue weighted by atomic mass is 10.1. The Hall–Kier alpha value is -1.13. The van der Waals surface area contributed by atoms with Crippen LogP contribution in [-0.2, 0) is 12.8 Å². The maximum atomic E-state index is 9.79. The Labute approximate surface area is 92.4 Å². The van der Waals surface area contributed by atoms with E-state index in [2.05, 4.69) is 4.98 Å². The summed E-state index contributed by atoms with van der Waals surface area (Å²) in [5.41, 5.74) is 0.955. The zero-order valence-corrected chi connectivity index (χ0v) is 9.33. The van der Waals surface area contributed by atoms with Crippen LogP contribution in [0.4, 0.5) is 0 Å². The van der Waals surface area contributed by atoms with Crippen LogP contribution < -0.4 is 0 Å². The summed E-state index contributed by atoms with van der Waals surface area (Å²) in [4.78, 5) is 4.31. The molecule has 0 radical (unpaired) electrons. The average molecular weight is 223 g/mol. The van der Waals surface area contributed by atoms with E-state index in [-0.39, 0.29) is 0 Å². The van der Waals surface area contributed by atoms with Crippen LogP contribution in [0.5, 0.6) is 0 Å². The quantitative estimate of drug-likeness (QED) is 0.864. The molecule has 1 unspecified atom stereocenters. The van der Waals surface area contributed by atoms with Crippen LogP contribution in [-0.4, -0.2) is 16.2 Å². The van der Waals surface area contributed by atoms with Crippen LogP contribution in [0, 0.1) is 6.92 Å². The first-order chi connectivity index (χ1) is 7.24. The van der Waals surface area contributed by atoms with Crippen LogP contribution in [0.3, 0.4) is 0 Å². The van der Waals surface area contributed by atoms with Crippen molar-refractivity contribution in [2.24, 2.45) is 0 Å². The van der Waals surface area contributed by atoms with Gasteiger partial charge in [0.15, 0.2) is 0 Å². The largest absolute Gasteiger partial charge is 0.469 e. The predicted molar refractivity (Wildman–Crippen MR) is 59.0 cm³/mol. The number of aryl methyl sites for hydroxylation is 1. The molecule has 0 fully saturated rings. The maximum absolute atomic E-state index is 9.79. The van der Waals surface area contributed by atoms with Gasteiger partial charge in [-0.3, -0.25) is 0 Å². The van der Waals surface area contributed by atoms with Gasteiger partial charge in [-0.05, 0) is 19.1 Å². The summed E-state index contributed by atoms with van der Waals surface area (Å²) in [5.74, 6) is 0.814. The normalized spacial score (nSPS) is 12.9. The van der Waals surface area contributed by atoms with Crippen molar-refractivity contribution in [1.29, 1.82) is 0 Å². The first kappa shape index (κ1) is 10.4. The van der Waals surface area contributed by atoms with Crippen molar-refractivity contribution in [2.75, 3.05) is 0 Å². The number of aromatic nitrogens is 1. The van der Waals surface area contributed by atoms with Crippen molar-refractivity contribution in [2.45, 2.75) is 25.9 Å². The third-order valence-electron chi connectivity index (χ3n) is 2.13. The Kier molecular flexibility index (Phi) is 3.18. The zero-order chi connectivity index (χ0) is 10.7. The molecule has 0 bridgehead atoms. The highest BCUT2D eigenvalue weighted by molar-refractivity contribution is 7.09. The maximum Gasteiger partial charge on any atom is 0.106 e. The lowest BCUT2D eigenvalue weighted by Crippen LogP contribution is -2.13. The third-order valence-corrected chi connectivity index (χ3v) is 2.95. The number of furan rings is 1. The molecule has 0 aliphatic heterocycles. The lowest BCUT2D eigenvalue weighted by Gasteiger charge is -2.06. The molecule has 2 heterocycles. The van der Waals surface area contributed by atoms with Gasteiger partial charge >= 0.3 is 0 Å². The van der Waals surface area contributed by atoms with E-state index in [4.69, 9.17) is 4.42 Å². The summed E-state index contributed by atoms with van der Waals surface area (Å²) in [7, 11) is 0. The smallest absolute Gasteiger partial charge is 0.106 e. The van der Waals surface area contributed by atoms with Gasteiger partial charge in [-0.25, -0.2) is 4.98 Å². The van der Waals surface area contributed by atoms with Crippen LogP contribution in [0.2, 0.25) is 0 Å². The summed E-state index contributed by atoms with van der Waals surface area (Å²) < 4.78 is 5.17. The van der Waals surface area contributed by atoms with Crippen molar-refractivity contribution in [1.82, 2.24) is 4.98 Å². The minimum absolute atomic E-state index is 0.419. The minimum atomic E-state index is -0.419. The molecule has 0 spiro atoms. The van der Waals surface area contributed by atoms with E-state index in [0.717, 1.165) is 16.5 Å². The van der Waals surface area contributed by atoms with E-state index >= 15 is 0 Å². The van der Waals surface area contributed by atoms with Crippen molar-refractivity contribution in [3.63, 3.8) is 0 Å². The molecule has 3 nitrogen and oxygen atoms in total. The van der Waals surface area contributed by atoms with Gasteiger partial charge in [0.1, 0.15) is 5.76 Å². The fraction of sp³-hybridized carbons (Fsp3) is 0.364. The van der Waals surface area contributed by atoms with Gasteiger partial charge in [-0.15, -0.1) is 11.3 Å². The van der Waals surface area contributed by atoms with E-state index in [1.165, 1.54) is 0 Å². The summed E-state index contributed by atoms with van der Waals surface area (Å²) >= 11 is 1.61. The molecule has 0 saturated heterocycles. The monoisotopic (exact) mass is 223 g/mol. The zero-order valence-electron chi connectivity index (χ0n) is 8.51. The Morgan fingerprint density at radius 1 is 1.53 bits per heavy atom. The molecule has 2 aromatic rings. The van der Waals surface area contributed by atoms with Gasteiger partial charge in [0.25, 0.3) is 0 Å². The standard InChI is InChI=1S/C11H13NO2S/c1-8-12-9(7-15-8)5-10(13)6-11-3-2-4-14-11/h2-4,7,10,13H,5-6H2,1H3. The Morgan fingerprint density at radius 3 is 3.00 bits per heavy atom. The number of aliphatic hydroxyl groups is 1. The fourth-order valence-electron chi connectivity index (χ4n) is 1.48. The highest BCUT2D eigenvalue weighted by Crippen LogP contribution is 2.12. The molecule has 0 aliphatic carbocycles. The number of hydrogen-bond acceptors (Lipinski definition) is 4. The lowest BCUT2D eigenvalue weighted by molar-refractivity contribution is 0.167. The highest BCUT2D eigenvalue weighted by atomic mass is 32.1. The highest BCUT2D eigenvalue weighted by Gasteiger charge is 2.10. The molecule has 80 valence electrons. The molecule has 1 atom stereocenters. The Balaban J connectivity index is 1.90. The Morgan fingerprint density at radius 2 is 2.40 bits per heavy atom. The second-order valence-corrected chi connectivity index (χ2v) is 4.56. The van der Waals surface area contributed by atoms with Gasteiger partial charge in [0.2, 0.25) is 0 Å². The van der Waals surface area contributed by atoms with Gasteiger partial charge in [-0.2, -0.15) is 0 Å². The van der Waals surface area contributed by atoms with E-state index in [1.807, 2.05) is 24.4 Å². The molecule has 2 rings (SSSR count). The van der Waals surface area contributed by atoms with E-state index < -0.39 is 6.10 Å². The second-order valence-electron chi connectivity index (χ2n) is 3.50. The SMILES string of the molecule is Cc1nc(CC(O)Cc2ccco2)cs1. The van der Waals surface area contributed by atoms with Crippen LogP contribution >= 0.6 is 11.3 Å². The molecule has 0 amide bonds. The van der Waals surface area contributed by atoms with E-state index in [1.54, 1.807) is 17.6 Å². The molecule has 0 saturated carbocycles. The van der Waals surface area contributed by atoms with Crippen molar-refractivity contribution in [3.05, 3.63) is 40.2 Å². The van der Waals surface area contributed by atoms with Gasteiger partial charge in [0, 0.05) is 18.2 Å². The van der Waals surface area contributed by atoms with Crippen molar-refractivity contribution >= 4 is 11.3 Å². The Bertz CT molecular complexity index is 408. The average Bonchev–Trinajstić information content (AvgIpc) is 2.77. The fourth-order valence-corrected chi connectivity index (χ4v) is 2.10. The molecule has 0 aromatic carbocycles. The number of rotatable bonds is 4. The van der Waals surface area contributed by atoms with Gasteiger partial charge in [-0.1, -0.05) is 0 Å². The van der Waals surface area contributed by atoms with Gasteiger partial charge < -0.3 is 9.52 Å². The van der Waals surface area contributed by atoms with Crippen LogP contribution in [0.1, 0.15) is 16.5 Å². The third kappa shape index (κ3) is 2.91. The summed E-state index contributed by atoms with van der Waals surface area (Å²) in [5, 5.41) is 12.8. The molecule has 2 aromatic heterocycles. The van der Waals surface area contributed by atoms with Crippen LogP contribution in [0.25, 0.3) is 0 Å². The second kappa shape index (κ2) is 4.59. The van der Waals surface area contributed by atoms with Gasteiger partial charge in [0.05, 0.1) is 23.1 Å². The first-order valence-corrected chi connectivity index (χ1v) is 5.73. The number of thiazole rings is 1. The molecular formula is C11H13NO2S. The number of nitrogens with zero attached hydrogens (tertiary/aromatic N) is 1. The van der Waals surface area contributed by atoms with Crippen molar-refractivity contribution < 1.29 is 9.52 Å².